The summed E-state index contributed by atoms with van der Waals surface area (Å²) in [6, 6.07) is 14.2. The second-order valence-corrected chi connectivity index (χ2v) is 6.70. The maximum atomic E-state index is 12.6. The number of benzene rings is 2. The lowest BCUT2D eigenvalue weighted by atomic mass is 10.1. The number of ether oxygens (including phenoxy) is 1. The zero-order chi connectivity index (χ0) is 20.4. The van der Waals surface area contributed by atoms with E-state index in [-0.39, 0.29) is 16.8 Å². The molecule has 0 radical (unpaired) electrons. The number of anilines is 1. The maximum absolute atomic E-state index is 12.6. The summed E-state index contributed by atoms with van der Waals surface area (Å²) in [5.41, 5.74) is 2.80. The highest BCUT2D eigenvalue weighted by atomic mass is 16.5. The van der Waals surface area contributed by atoms with Crippen LogP contribution in [0.15, 0.2) is 70.1 Å². The molecule has 7 heteroatoms. The fraction of sp³-hybridized carbons (Fsp3) is 0.136. The van der Waals surface area contributed by atoms with Gasteiger partial charge in [0, 0.05) is 18.3 Å². The predicted molar refractivity (Wildman–Crippen MR) is 109 cm³/mol. The van der Waals surface area contributed by atoms with E-state index in [4.69, 9.17) is 9.15 Å². The first-order valence-corrected chi connectivity index (χ1v) is 9.03. The molecule has 146 valence electrons. The van der Waals surface area contributed by atoms with E-state index in [1.807, 2.05) is 31.2 Å². The van der Waals surface area contributed by atoms with E-state index in [9.17, 15) is 9.59 Å². The van der Waals surface area contributed by atoms with Gasteiger partial charge < -0.3 is 14.5 Å². The minimum Gasteiger partial charge on any atom is -0.497 e. The van der Waals surface area contributed by atoms with Crippen molar-refractivity contribution in [2.75, 3.05) is 12.4 Å². The molecule has 0 saturated carbocycles. The van der Waals surface area contributed by atoms with Crippen molar-refractivity contribution in [2.24, 2.45) is 0 Å². The third kappa shape index (κ3) is 4.03. The van der Waals surface area contributed by atoms with Crippen molar-refractivity contribution in [3.05, 3.63) is 88.0 Å². The zero-order valence-corrected chi connectivity index (χ0v) is 16.0. The van der Waals surface area contributed by atoms with E-state index in [0.717, 1.165) is 5.56 Å². The molecule has 1 amide bonds. The van der Waals surface area contributed by atoms with Crippen LogP contribution in [0, 0.1) is 6.92 Å². The number of methoxy groups -OCH3 is 1. The smallest absolute Gasteiger partial charge is 0.291 e. The van der Waals surface area contributed by atoms with E-state index in [1.165, 1.54) is 18.7 Å². The summed E-state index contributed by atoms with van der Waals surface area (Å²) in [5, 5.41) is 7.35. The van der Waals surface area contributed by atoms with Crippen LogP contribution in [0.25, 0.3) is 11.0 Å². The van der Waals surface area contributed by atoms with Crippen molar-refractivity contribution in [2.45, 2.75) is 13.5 Å². The molecule has 2 heterocycles. The summed E-state index contributed by atoms with van der Waals surface area (Å²) in [6.07, 6.45) is 3.27. The van der Waals surface area contributed by atoms with Gasteiger partial charge in [-0.25, -0.2) is 0 Å². The van der Waals surface area contributed by atoms with E-state index in [2.05, 4.69) is 10.4 Å². The molecule has 0 saturated heterocycles. The molecule has 0 aliphatic heterocycles. The monoisotopic (exact) mass is 389 g/mol. The van der Waals surface area contributed by atoms with E-state index >= 15 is 0 Å². The number of amides is 1. The number of aromatic nitrogens is 2. The second-order valence-electron chi connectivity index (χ2n) is 6.70. The Balaban J connectivity index is 1.53. The number of hydrogen-bond acceptors (Lipinski definition) is 5. The number of fused-ring (bicyclic) bond motifs is 1. The summed E-state index contributed by atoms with van der Waals surface area (Å²) in [7, 11) is 1.52. The van der Waals surface area contributed by atoms with Crippen LogP contribution in [0.1, 0.15) is 21.7 Å². The quantitative estimate of drug-likeness (QED) is 0.564. The highest BCUT2D eigenvalue weighted by molar-refractivity contribution is 6.02. The van der Waals surface area contributed by atoms with Crippen molar-refractivity contribution in [3.8, 4) is 5.75 Å². The molecule has 0 aliphatic carbocycles. The molecule has 2 aromatic heterocycles. The van der Waals surface area contributed by atoms with E-state index in [1.54, 1.807) is 35.3 Å². The van der Waals surface area contributed by atoms with Crippen LogP contribution in [-0.4, -0.2) is 22.8 Å². The lowest BCUT2D eigenvalue weighted by molar-refractivity contribution is 0.0997. The summed E-state index contributed by atoms with van der Waals surface area (Å²) >= 11 is 0. The van der Waals surface area contributed by atoms with Crippen molar-refractivity contribution in [1.82, 2.24) is 9.78 Å². The molecule has 0 fully saturated rings. The Bertz CT molecular complexity index is 1240. The molecule has 4 rings (SSSR count). The maximum Gasteiger partial charge on any atom is 0.291 e. The largest absolute Gasteiger partial charge is 0.497 e. The van der Waals surface area contributed by atoms with Crippen molar-refractivity contribution in [3.63, 3.8) is 0 Å². The van der Waals surface area contributed by atoms with Gasteiger partial charge in [-0.05, 0) is 24.6 Å². The van der Waals surface area contributed by atoms with Gasteiger partial charge in [0.15, 0.2) is 11.2 Å². The SMILES string of the molecule is COc1ccc2c(=O)cc(C(=O)Nc3cnn(Cc4ccc(C)cc4)c3)oc2c1. The number of hydrogen-bond donors (Lipinski definition) is 1. The number of carbonyl (C=O) groups excluding carboxylic acids is 1. The standard InChI is InChI=1S/C22H19N3O4/c1-14-3-5-15(6-4-14)12-25-13-16(11-23-25)24-22(27)21-10-19(26)18-8-7-17(28-2)9-20(18)29-21/h3-11,13H,12H2,1-2H3,(H,24,27). The minimum atomic E-state index is -0.526. The molecule has 0 bridgehead atoms. The summed E-state index contributed by atoms with van der Waals surface area (Å²) in [5.74, 6) is -0.0701. The van der Waals surface area contributed by atoms with Gasteiger partial charge in [0.1, 0.15) is 11.3 Å². The number of carbonyl (C=O) groups is 1. The van der Waals surface area contributed by atoms with Gasteiger partial charge >= 0.3 is 0 Å². The number of nitrogens with zero attached hydrogens (tertiary/aromatic N) is 2. The summed E-state index contributed by atoms with van der Waals surface area (Å²) < 4.78 is 12.5. The average Bonchev–Trinajstić information content (AvgIpc) is 3.15. The molecule has 4 aromatic rings. The van der Waals surface area contributed by atoms with Crippen molar-refractivity contribution >= 4 is 22.6 Å². The fourth-order valence-corrected chi connectivity index (χ4v) is 2.96. The van der Waals surface area contributed by atoms with Crippen molar-refractivity contribution < 1.29 is 13.9 Å². The number of aryl methyl sites for hydroxylation is 1. The topological polar surface area (TPSA) is 86.4 Å². The van der Waals surface area contributed by atoms with E-state index in [0.29, 0.717) is 23.4 Å². The van der Waals surface area contributed by atoms with Crippen molar-refractivity contribution in [1.29, 1.82) is 0 Å². The molecule has 7 nitrogen and oxygen atoms in total. The van der Waals surface area contributed by atoms with Gasteiger partial charge in [-0.2, -0.15) is 5.10 Å². The fourth-order valence-electron chi connectivity index (χ4n) is 2.96. The third-order valence-electron chi connectivity index (χ3n) is 4.52. The van der Waals surface area contributed by atoms with Crippen LogP contribution in [0.5, 0.6) is 5.75 Å². The third-order valence-corrected chi connectivity index (χ3v) is 4.52. The van der Waals surface area contributed by atoms with Gasteiger partial charge in [-0.3, -0.25) is 14.3 Å². The minimum absolute atomic E-state index is 0.0814. The van der Waals surface area contributed by atoms with Gasteiger partial charge in [0.05, 0.1) is 30.9 Å². The Hall–Kier alpha value is -3.87. The number of rotatable bonds is 5. The molecule has 2 aromatic carbocycles. The molecule has 0 spiro atoms. The first kappa shape index (κ1) is 18.5. The first-order valence-electron chi connectivity index (χ1n) is 9.03. The molecule has 0 unspecified atom stereocenters. The predicted octanol–water partition coefficient (Wildman–Crippen LogP) is 3.61. The Labute approximate surface area is 166 Å². The Morgan fingerprint density at radius 3 is 2.72 bits per heavy atom. The summed E-state index contributed by atoms with van der Waals surface area (Å²) in [6.45, 7) is 2.62. The van der Waals surface area contributed by atoms with Crippen LogP contribution in [-0.2, 0) is 6.54 Å². The van der Waals surface area contributed by atoms with Crippen LogP contribution in [0.2, 0.25) is 0 Å². The lowest BCUT2D eigenvalue weighted by Gasteiger charge is -2.05. The van der Waals surface area contributed by atoms with E-state index < -0.39 is 5.91 Å². The Morgan fingerprint density at radius 2 is 1.97 bits per heavy atom. The van der Waals surface area contributed by atoms with Gasteiger partial charge in [0.2, 0.25) is 0 Å². The van der Waals surface area contributed by atoms with Gasteiger partial charge in [-0.1, -0.05) is 29.8 Å². The molecule has 0 atom stereocenters. The second kappa shape index (κ2) is 7.63. The molecule has 1 N–H and O–H groups in total. The first-order chi connectivity index (χ1) is 14.0. The van der Waals surface area contributed by atoms with Gasteiger partial charge in [0.25, 0.3) is 5.91 Å². The highest BCUT2D eigenvalue weighted by Crippen LogP contribution is 2.20. The van der Waals surface area contributed by atoms with Crippen LogP contribution >= 0.6 is 0 Å². The van der Waals surface area contributed by atoms with Gasteiger partial charge in [-0.15, -0.1) is 0 Å². The molecule has 29 heavy (non-hydrogen) atoms. The Kier molecular flexibility index (Phi) is 4.87. The molecular weight excluding hydrogens is 370 g/mol. The number of nitrogens with one attached hydrogen (secondary N) is 1. The van der Waals surface area contributed by atoms with Crippen LogP contribution in [0.4, 0.5) is 5.69 Å². The molecule has 0 aliphatic rings. The summed E-state index contributed by atoms with van der Waals surface area (Å²) in [4.78, 5) is 24.8. The Morgan fingerprint density at radius 1 is 1.17 bits per heavy atom. The zero-order valence-electron chi connectivity index (χ0n) is 16.0. The van der Waals surface area contributed by atoms with Crippen LogP contribution < -0.4 is 15.5 Å². The average molecular weight is 389 g/mol. The molecular formula is C22H19N3O4. The highest BCUT2D eigenvalue weighted by Gasteiger charge is 2.14. The van der Waals surface area contributed by atoms with Crippen LogP contribution in [0.3, 0.4) is 0 Å². The normalized spacial score (nSPS) is 10.8. The lowest BCUT2D eigenvalue weighted by Crippen LogP contribution is -2.14.